The van der Waals surface area contributed by atoms with Gasteiger partial charge in [-0.05, 0) is 47.2 Å². The number of carbonyl (C=O) groups excluding carboxylic acids is 3. The Labute approximate surface area is 198 Å². The fourth-order valence-electron chi connectivity index (χ4n) is 2.59. The molecule has 0 fully saturated rings. The Hall–Kier alpha value is -1.43. The number of ether oxygens (including phenoxy) is 1. The fraction of sp³-hybridized carbons (Fsp3) is 0.474. The van der Waals surface area contributed by atoms with Crippen LogP contribution in [0.3, 0.4) is 0 Å². The first-order valence-corrected chi connectivity index (χ1v) is 11.3. The molecule has 2 amide bonds. The molecular weight excluding hydrogens is 546 g/mol. The van der Waals surface area contributed by atoms with Gasteiger partial charge in [-0.3, -0.25) is 19.4 Å². The van der Waals surface area contributed by atoms with Crippen LogP contribution in [0.4, 0.5) is 5.69 Å². The van der Waals surface area contributed by atoms with Gasteiger partial charge in [-0.15, -0.1) is 0 Å². The number of amidine groups is 1. The number of hydrogen-bond acceptors (Lipinski definition) is 6. The van der Waals surface area contributed by atoms with E-state index in [0.29, 0.717) is 54.8 Å². The van der Waals surface area contributed by atoms with Crippen LogP contribution >= 0.6 is 45.8 Å². The maximum Gasteiger partial charge on any atom is 0.225 e. The van der Waals surface area contributed by atoms with E-state index >= 15 is 0 Å². The number of nitrogens with one attached hydrogen (secondary N) is 2. The Morgan fingerprint density at radius 2 is 1.87 bits per heavy atom. The lowest BCUT2D eigenvalue weighted by atomic mass is 10.2. The largest absolute Gasteiger partial charge is 0.380 e. The highest BCUT2D eigenvalue weighted by Gasteiger charge is 2.18. The lowest BCUT2D eigenvalue weighted by Gasteiger charge is -2.13. The van der Waals surface area contributed by atoms with Crippen molar-refractivity contribution in [1.29, 1.82) is 0 Å². The average Bonchev–Trinajstić information content (AvgIpc) is 3.15. The molecule has 30 heavy (non-hydrogen) atoms. The quantitative estimate of drug-likeness (QED) is 0.242. The predicted molar refractivity (Wildman–Crippen MR) is 125 cm³/mol. The zero-order valence-electron chi connectivity index (χ0n) is 16.3. The highest BCUT2D eigenvalue weighted by atomic mass is 127. The summed E-state index contributed by atoms with van der Waals surface area (Å²) in [6.45, 7) is 1.63. The van der Waals surface area contributed by atoms with Crippen LogP contribution in [0.25, 0.3) is 0 Å². The Kier molecular flexibility index (Phi) is 10.8. The first-order chi connectivity index (χ1) is 14.3. The summed E-state index contributed by atoms with van der Waals surface area (Å²) in [7, 11) is 0. The van der Waals surface area contributed by atoms with Gasteiger partial charge in [0.15, 0.2) is 3.79 Å². The standard InChI is InChI=1S/C19H23Cl2IN4O4/c20-14-4-3-13(12-15(14)21)26-9-5-17(25-26)24-19(29)2-1-8-23-18(28)7-11-30-10-6-16(22)27/h3-4,12H,1-2,5-11H2,(H,23,28)(H,24,25,29). The highest BCUT2D eigenvalue weighted by molar-refractivity contribution is 14.1. The van der Waals surface area contributed by atoms with E-state index in [1.165, 1.54) is 0 Å². The Bertz CT molecular complexity index is 807. The molecule has 1 heterocycles. The normalized spacial score (nSPS) is 13.2. The van der Waals surface area contributed by atoms with Gasteiger partial charge in [0.05, 0.1) is 28.9 Å². The number of halogens is 3. The van der Waals surface area contributed by atoms with Crippen molar-refractivity contribution in [3.05, 3.63) is 28.2 Å². The van der Waals surface area contributed by atoms with E-state index in [0.717, 1.165) is 5.69 Å². The van der Waals surface area contributed by atoms with Crippen LogP contribution in [0.2, 0.25) is 10.0 Å². The van der Waals surface area contributed by atoms with E-state index in [-0.39, 0.29) is 35.1 Å². The number of nitrogens with zero attached hydrogens (tertiary/aromatic N) is 2. The van der Waals surface area contributed by atoms with E-state index in [2.05, 4.69) is 15.7 Å². The molecule has 1 aliphatic rings. The topological polar surface area (TPSA) is 100 Å². The van der Waals surface area contributed by atoms with Crippen molar-refractivity contribution >= 4 is 72.9 Å². The van der Waals surface area contributed by atoms with Crippen LogP contribution in [0.15, 0.2) is 23.3 Å². The van der Waals surface area contributed by atoms with Gasteiger partial charge in [-0.25, -0.2) is 0 Å². The fourth-order valence-corrected chi connectivity index (χ4v) is 3.10. The third-order valence-corrected chi connectivity index (χ3v) is 5.38. The van der Waals surface area contributed by atoms with Crippen LogP contribution in [-0.4, -0.2) is 47.7 Å². The van der Waals surface area contributed by atoms with Gasteiger partial charge in [0.2, 0.25) is 11.8 Å². The number of carbonyl (C=O) groups is 3. The molecule has 0 aliphatic carbocycles. The van der Waals surface area contributed by atoms with Gasteiger partial charge in [0.1, 0.15) is 5.84 Å². The number of hydrogen-bond donors (Lipinski definition) is 2. The molecule has 1 aromatic rings. The molecule has 2 rings (SSSR count). The van der Waals surface area contributed by atoms with Crippen molar-refractivity contribution in [1.82, 2.24) is 10.6 Å². The number of anilines is 1. The maximum absolute atomic E-state index is 12.1. The lowest BCUT2D eigenvalue weighted by Crippen LogP contribution is -2.31. The molecule has 0 atom stereocenters. The summed E-state index contributed by atoms with van der Waals surface area (Å²) in [6.07, 6.45) is 1.98. The zero-order chi connectivity index (χ0) is 21.9. The van der Waals surface area contributed by atoms with Gasteiger partial charge in [0, 0.05) is 38.8 Å². The van der Waals surface area contributed by atoms with Crippen molar-refractivity contribution < 1.29 is 19.1 Å². The molecule has 8 nitrogen and oxygen atoms in total. The molecule has 2 N–H and O–H groups in total. The molecule has 0 bridgehead atoms. The monoisotopic (exact) mass is 568 g/mol. The highest BCUT2D eigenvalue weighted by Crippen LogP contribution is 2.28. The Morgan fingerprint density at radius 3 is 2.60 bits per heavy atom. The zero-order valence-corrected chi connectivity index (χ0v) is 19.9. The molecule has 0 spiro atoms. The minimum atomic E-state index is -0.147. The summed E-state index contributed by atoms with van der Waals surface area (Å²) < 4.78 is 5.23. The second kappa shape index (κ2) is 13.1. The minimum absolute atomic E-state index is 0.0287. The minimum Gasteiger partial charge on any atom is -0.380 e. The molecule has 0 saturated carbocycles. The van der Waals surface area contributed by atoms with Crippen molar-refractivity contribution in [2.24, 2.45) is 5.10 Å². The van der Waals surface area contributed by atoms with E-state index < -0.39 is 0 Å². The summed E-state index contributed by atoms with van der Waals surface area (Å²) in [5.74, 6) is 0.302. The second-order valence-corrected chi connectivity index (χ2v) is 8.51. The SMILES string of the molecule is O=C(I)CCOCCC(=O)NCCCC(=O)NC1=NN(c2ccc(Cl)c(Cl)c2)CC1. The molecule has 11 heteroatoms. The summed E-state index contributed by atoms with van der Waals surface area (Å²) in [5, 5.41) is 12.6. The number of hydrazone groups is 1. The molecule has 0 aromatic heterocycles. The maximum atomic E-state index is 12.1. The summed E-state index contributed by atoms with van der Waals surface area (Å²) >= 11 is 13.7. The van der Waals surface area contributed by atoms with Crippen LogP contribution in [0.5, 0.6) is 0 Å². The van der Waals surface area contributed by atoms with Gasteiger partial charge >= 0.3 is 0 Å². The number of amides is 2. The Balaban J connectivity index is 1.60. The van der Waals surface area contributed by atoms with Gasteiger partial charge in [-0.2, -0.15) is 5.10 Å². The van der Waals surface area contributed by atoms with Crippen molar-refractivity contribution in [3.8, 4) is 0 Å². The van der Waals surface area contributed by atoms with Crippen LogP contribution in [0.1, 0.15) is 32.1 Å². The summed E-state index contributed by atoms with van der Waals surface area (Å²) in [4.78, 5) is 34.5. The molecular formula is C19H23Cl2IN4O4. The smallest absolute Gasteiger partial charge is 0.225 e. The molecule has 1 aliphatic heterocycles. The van der Waals surface area contributed by atoms with E-state index in [4.69, 9.17) is 27.9 Å². The van der Waals surface area contributed by atoms with Gasteiger partial charge in [0.25, 0.3) is 0 Å². The first kappa shape index (κ1) is 24.8. The van der Waals surface area contributed by atoms with Gasteiger partial charge in [-0.1, -0.05) is 23.2 Å². The van der Waals surface area contributed by atoms with E-state index in [1.54, 1.807) is 39.7 Å². The summed E-state index contributed by atoms with van der Waals surface area (Å²) in [5.41, 5.74) is 0.807. The predicted octanol–water partition coefficient (Wildman–Crippen LogP) is 3.29. The average molecular weight is 569 g/mol. The molecule has 0 radical (unpaired) electrons. The first-order valence-electron chi connectivity index (χ1n) is 9.48. The van der Waals surface area contributed by atoms with Crippen LogP contribution < -0.4 is 15.6 Å². The van der Waals surface area contributed by atoms with Crippen molar-refractivity contribution in [2.45, 2.75) is 32.1 Å². The number of rotatable bonds is 11. The second-order valence-electron chi connectivity index (χ2n) is 6.49. The Morgan fingerprint density at radius 1 is 1.10 bits per heavy atom. The lowest BCUT2D eigenvalue weighted by molar-refractivity contribution is -0.123. The third-order valence-electron chi connectivity index (χ3n) is 4.11. The summed E-state index contributed by atoms with van der Waals surface area (Å²) in [6, 6.07) is 5.26. The molecule has 164 valence electrons. The van der Waals surface area contributed by atoms with Crippen molar-refractivity contribution in [3.63, 3.8) is 0 Å². The van der Waals surface area contributed by atoms with E-state index in [9.17, 15) is 14.4 Å². The van der Waals surface area contributed by atoms with E-state index in [1.807, 2.05) is 6.07 Å². The van der Waals surface area contributed by atoms with Gasteiger partial charge < -0.3 is 15.4 Å². The molecule has 0 unspecified atom stereocenters. The molecule has 0 saturated heterocycles. The van der Waals surface area contributed by atoms with Crippen molar-refractivity contribution in [2.75, 3.05) is 31.3 Å². The molecule has 1 aromatic carbocycles. The number of benzene rings is 1. The van der Waals surface area contributed by atoms with Crippen LogP contribution in [-0.2, 0) is 19.1 Å². The third kappa shape index (κ3) is 9.15. The van der Waals surface area contributed by atoms with Crippen LogP contribution in [0, 0.1) is 0 Å².